The van der Waals surface area contributed by atoms with Gasteiger partial charge in [-0.3, -0.25) is 4.79 Å². The Morgan fingerprint density at radius 3 is 2.83 bits per heavy atom. The fraction of sp³-hybridized carbons (Fsp3) is 0.889. The number of hydrogen-bond acceptors (Lipinski definition) is 2. The van der Waals surface area contributed by atoms with E-state index in [1.807, 2.05) is 18.7 Å². The molecular weight excluding hydrogens is 152 g/mol. The van der Waals surface area contributed by atoms with Gasteiger partial charge in [0.15, 0.2) is 0 Å². The number of hydrogen-bond donors (Lipinski definition) is 1. The van der Waals surface area contributed by atoms with Gasteiger partial charge in [0.2, 0.25) is 5.91 Å². The molecule has 1 unspecified atom stereocenters. The number of carbonyl (C=O) groups is 1. The van der Waals surface area contributed by atoms with Gasteiger partial charge >= 0.3 is 0 Å². The molecule has 0 saturated carbocycles. The molecule has 1 fully saturated rings. The Bertz CT molecular complexity index is 170. The largest absolute Gasteiger partial charge is 0.341 e. The Morgan fingerprint density at radius 2 is 2.42 bits per heavy atom. The maximum atomic E-state index is 11.6. The minimum atomic E-state index is 0.162. The lowest BCUT2D eigenvalue weighted by atomic mass is 10.1. The van der Waals surface area contributed by atoms with E-state index in [1.54, 1.807) is 0 Å². The molecule has 0 aliphatic carbocycles. The molecule has 1 heterocycles. The number of likely N-dealkylation sites (tertiary alicyclic amines) is 1. The summed E-state index contributed by atoms with van der Waals surface area (Å²) >= 11 is 0. The van der Waals surface area contributed by atoms with Crippen molar-refractivity contribution in [2.75, 3.05) is 13.1 Å². The van der Waals surface area contributed by atoms with Crippen molar-refractivity contribution in [1.82, 2.24) is 4.90 Å². The van der Waals surface area contributed by atoms with Gasteiger partial charge in [0, 0.05) is 25.0 Å². The first kappa shape index (κ1) is 9.52. The molecule has 0 bridgehead atoms. The molecule has 1 aliphatic heterocycles. The van der Waals surface area contributed by atoms with E-state index < -0.39 is 0 Å². The molecule has 0 spiro atoms. The maximum absolute atomic E-state index is 11.6. The lowest BCUT2D eigenvalue weighted by Gasteiger charge is -2.19. The molecular formula is C9H18N2O. The highest BCUT2D eigenvalue weighted by atomic mass is 16.2. The monoisotopic (exact) mass is 170 g/mol. The summed E-state index contributed by atoms with van der Waals surface area (Å²) in [6, 6.07) is 0.206. The summed E-state index contributed by atoms with van der Waals surface area (Å²) in [4.78, 5) is 13.5. The van der Waals surface area contributed by atoms with Crippen LogP contribution in [0.2, 0.25) is 0 Å². The van der Waals surface area contributed by atoms with Gasteiger partial charge in [-0.1, -0.05) is 13.8 Å². The molecule has 12 heavy (non-hydrogen) atoms. The Balaban J connectivity index is 2.43. The molecule has 0 aromatic rings. The second-order valence-electron chi connectivity index (χ2n) is 3.64. The van der Waals surface area contributed by atoms with Crippen LogP contribution in [-0.2, 0) is 4.79 Å². The van der Waals surface area contributed by atoms with Crippen molar-refractivity contribution >= 4 is 5.91 Å². The van der Waals surface area contributed by atoms with Gasteiger partial charge in [0.1, 0.15) is 0 Å². The molecule has 2 atom stereocenters. The van der Waals surface area contributed by atoms with Gasteiger partial charge in [-0.15, -0.1) is 0 Å². The van der Waals surface area contributed by atoms with Crippen molar-refractivity contribution in [2.45, 2.75) is 32.7 Å². The minimum Gasteiger partial charge on any atom is -0.341 e. The topological polar surface area (TPSA) is 46.3 Å². The molecule has 3 heteroatoms. The van der Waals surface area contributed by atoms with Crippen molar-refractivity contribution in [3.63, 3.8) is 0 Å². The van der Waals surface area contributed by atoms with Crippen LogP contribution in [0.5, 0.6) is 0 Å². The Kier molecular flexibility index (Phi) is 3.09. The third-order valence-corrected chi connectivity index (χ3v) is 2.57. The molecule has 70 valence electrons. The average Bonchev–Trinajstić information content (AvgIpc) is 2.49. The number of nitrogens with zero attached hydrogens (tertiary/aromatic N) is 1. The number of carbonyl (C=O) groups excluding carboxylic acids is 1. The van der Waals surface area contributed by atoms with E-state index in [9.17, 15) is 4.79 Å². The van der Waals surface area contributed by atoms with E-state index in [2.05, 4.69) is 0 Å². The lowest BCUT2D eigenvalue weighted by Crippen LogP contribution is -2.35. The van der Waals surface area contributed by atoms with Gasteiger partial charge in [-0.05, 0) is 12.8 Å². The van der Waals surface area contributed by atoms with Crippen LogP contribution in [0, 0.1) is 5.92 Å². The molecule has 0 aromatic carbocycles. The quantitative estimate of drug-likeness (QED) is 0.659. The van der Waals surface area contributed by atoms with Crippen LogP contribution in [0.3, 0.4) is 0 Å². The van der Waals surface area contributed by atoms with Crippen LogP contribution < -0.4 is 5.73 Å². The fourth-order valence-electron chi connectivity index (χ4n) is 1.47. The summed E-state index contributed by atoms with van der Waals surface area (Å²) in [5.41, 5.74) is 5.71. The second-order valence-corrected chi connectivity index (χ2v) is 3.64. The molecule has 1 aliphatic rings. The Labute approximate surface area is 73.9 Å². The number of rotatable bonds is 2. The Morgan fingerprint density at radius 1 is 1.75 bits per heavy atom. The van der Waals surface area contributed by atoms with Crippen LogP contribution in [0.25, 0.3) is 0 Å². The van der Waals surface area contributed by atoms with Gasteiger partial charge in [0.05, 0.1) is 0 Å². The average molecular weight is 170 g/mol. The first-order valence-electron chi connectivity index (χ1n) is 4.69. The summed E-state index contributed by atoms with van der Waals surface area (Å²) in [5, 5.41) is 0. The first-order valence-corrected chi connectivity index (χ1v) is 4.69. The molecule has 0 radical (unpaired) electrons. The molecule has 3 nitrogen and oxygen atoms in total. The molecule has 1 amide bonds. The third-order valence-electron chi connectivity index (χ3n) is 2.57. The zero-order chi connectivity index (χ0) is 9.14. The van der Waals surface area contributed by atoms with E-state index in [1.165, 1.54) is 0 Å². The predicted octanol–water partition coefficient (Wildman–Crippen LogP) is 0.592. The van der Waals surface area contributed by atoms with Crippen LogP contribution >= 0.6 is 0 Å². The SMILES string of the molecule is CCC(C)C(=O)N1CC[C@@H](N)C1. The third kappa shape index (κ3) is 1.97. The standard InChI is InChI=1S/C9H18N2O/c1-3-7(2)9(12)11-5-4-8(10)6-11/h7-8H,3-6,10H2,1-2H3/t7?,8-/m1/s1. The molecule has 0 aromatic heterocycles. The molecule has 1 saturated heterocycles. The predicted molar refractivity (Wildman–Crippen MR) is 48.6 cm³/mol. The minimum absolute atomic E-state index is 0.162. The first-order chi connectivity index (χ1) is 5.65. The lowest BCUT2D eigenvalue weighted by molar-refractivity contribution is -0.134. The summed E-state index contributed by atoms with van der Waals surface area (Å²) in [5.74, 6) is 0.431. The van der Waals surface area contributed by atoms with E-state index in [-0.39, 0.29) is 17.9 Å². The second kappa shape index (κ2) is 3.90. The van der Waals surface area contributed by atoms with Crippen molar-refractivity contribution in [2.24, 2.45) is 11.7 Å². The fourth-order valence-corrected chi connectivity index (χ4v) is 1.47. The van der Waals surface area contributed by atoms with E-state index >= 15 is 0 Å². The summed E-state index contributed by atoms with van der Waals surface area (Å²) in [6.07, 6.45) is 1.88. The Hall–Kier alpha value is -0.570. The number of nitrogens with two attached hydrogens (primary N) is 1. The smallest absolute Gasteiger partial charge is 0.225 e. The highest BCUT2D eigenvalue weighted by molar-refractivity contribution is 5.78. The van der Waals surface area contributed by atoms with Crippen LogP contribution in [0.4, 0.5) is 0 Å². The van der Waals surface area contributed by atoms with Gasteiger partial charge in [-0.25, -0.2) is 0 Å². The normalized spacial score (nSPS) is 25.9. The summed E-state index contributed by atoms with van der Waals surface area (Å²) in [6.45, 7) is 5.62. The summed E-state index contributed by atoms with van der Waals surface area (Å²) < 4.78 is 0. The molecule has 1 rings (SSSR count). The summed E-state index contributed by atoms with van der Waals surface area (Å²) in [7, 11) is 0. The van der Waals surface area contributed by atoms with E-state index in [0.29, 0.717) is 0 Å². The van der Waals surface area contributed by atoms with E-state index in [4.69, 9.17) is 5.73 Å². The van der Waals surface area contributed by atoms with E-state index in [0.717, 1.165) is 25.9 Å². The van der Waals surface area contributed by atoms with Gasteiger partial charge in [-0.2, -0.15) is 0 Å². The van der Waals surface area contributed by atoms with Crippen molar-refractivity contribution in [3.8, 4) is 0 Å². The van der Waals surface area contributed by atoms with Crippen molar-refractivity contribution in [3.05, 3.63) is 0 Å². The highest BCUT2D eigenvalue weighted by Gasteiger charge is 2.25. The zero-order valence-corrected chi connectivity index (χ0v) is 7.92. The van der Waals surface area contributed by atoms with Crippen molar-refractivity contribution < 1.29 is 4.79 Å². The zero-order valence-electron chi connectivity index (χ0n) is 7.92. The highest BCUT2D eigenvalue weighted by Crippen LogP contribution is 2.12. The van der Waals surface area contributed by atoms with Gasteiger partial charge < -0.3 is 10.6 Å². The maximum Gasteiger partial charge on any atom is 0.225 e. The van der Waals surface area contributed by atoms with Gasteiger partial charge in [0.25, 0.3) is 0 Å². The van der Waals surface area contributed by atoms with Crippen LogP contribution in [-0.4, -0.2) is 29.9 Å². The van der Waals surface area contributed by atoms with Crippen molar-refractivity contribution in [1.29, 1.82) is 0 Å². The van der Waals surface area contributed by atoms with Crippen LogP contribution in [0.15, 0.2) is 0 Å². The van der Waals surface area contributed by atoms with Crippen LogP contribution in [0.1, 0.15) is 26.7 Å². The molecule has 2 N–H and O–H groups in total. The number of amides is 1.